The fraction of sp³-hybridized carbons (Fsp3) is 0.579. The number of carbonyl (C=O) groups is 2. The van der Waals surface area contributed by atoms with Crippen LogP contribution < -0.4 is 10.7 Å². The topological polar surface area (TPSA) is 78.6 Å². The van der Waals surface area contributed by atoms with E-state index in [0.29, 0.717) is 18.6 Å². The van der Waals surface area contributed by atoms with Gasteiger partial charge in [0.15, 0.2) is 11.6 Å². The first kappa shape index (κ1) is 18.6. The van der Waals surface area contributed by atoms with E-state index in [1.165, 1.54) is 0 Å². The maximum atomic E-state index is 13.0. The lowest BCUT2D eigenvalue weighted by molar-refractivity contribution is -0.184. The molecule has 1 aromatic carbocycles. The van der Waals surface area contributed by atoms with Crippen LogP contribution in [0.2, 0.25) is 0 Å². The van der Waals surface area contributed by atoms with Crippen molar-refractivity contribution in [1.29, 1.82) is 0 Å². The number of hydrogen-bond acceptors (Lipinski definition) is 5. The summed E-state index contributed by atoms with van der Waals surface area (Å²) < 4.78 is 5.79. The smallest absolute Gasteiger partial charge is 0.179 e. The zero-order valence-electron chi connectivity index (χ0n) is 15.4. The monoisotopic (exact) mass is 333 g/mol. The van der Waals surface area contributed by atoms with Crippen molar-refractivity contribution in [2.24, 2.45) is 5.90 Å². The van der Waals surface area contributed by atoms with Crippen LogP contribution in [0.3, 0.4) is 0 Å². The minimum atomic E-state index is -1.01. The Morgan fingerprint density at radius 1 is 1.00 bits per heavy atom. The molecule has 1 aliphatic rings. The molecule has 0 radical (unpaired) electrons. The molecule has 0 amide bonds. The summed E-state index contributed by atoms with van der Waals surface area (Å²) in [4.78, 5) is 31.0. The molecular formula is C19H27NO4. The van der Waals surface area contributed by atoms with Gasteiger partial charge < -0.3 is 9.57 Å². The van der Waals surface area contributed by atoms with Crippen LogP contribution in [0.15, 0.2) is 12.1 Å². The van der Waals surface area contributed by atoms with Crippen LogP contribution in [0.5, 0.6) is 5.75 Å². The molecule has 1 aromatic rings. The van der Waals surface area contributed by atoms with Gasteiger partial charge in [-0.25, -0.2) is 0 Å². The lowest BCUT2D eigenvalue weighted by Gasteiger charge is -2.43. The number of Topliss-reactive ketones (excluding diaryl/α,β-unsaturated/α-hetero) is 2. The summed E-state index contributed by atoms with van der Waals surface area (Å²) in [6, 6.07) is 3.62. The van der Waals surface area contributed by atoms with Crippen LogP contribution in [-0.4, -0.2) is 22.8 Å². The van der Waals surface area contributed by atoms with Crippen LogP contribution in [0.25, 0.3) is 0 Å². The van der Waals surface area contributed by atoms with Crippen molar-refractivity contribution in [3.8, 4) is 5.75 Å². The largest absolute Gasteiger partial charge is 0.412 e. The second kappa shape index (κ2) is 6.30. The Balaban J connectivity index is 2.72. The highest BCUT2D eigenvalue weighted by Crippen LogP contribution is 2.41. The van der Waals surface area contributed by atoms with E-state index < -0.39 is 17.1 Å². The average Bonchev–Trinajstić information content (AvgIpc) is 2.52. The predicted octanol–water partition coefficient (Wildman–Crippen LogP) is 2.87. The van der Waals surface area contributed by atoms with Gasteiger partial charge in [0.05, 0.1) is 0 Å². The zero-order valence-corrected chi connectivity index (χ0v) is 15.4. The molecule has 0 bridgehead atoms. The van der Waals surface area contributed by atoms with Gasteiger partial charge in [-0.05, 0) is 69.4 Å². The van der Waals surface area contributed by atoms with Crippen molar-refractivity contribution in [2.75, 3.05) is 0 Å². The van der Waals surface area contributed by atoms with E-state index in [1.807, 2.05) is 26.0 Å². The van der Waals surface area contributed by atoms with Crippen LogP contribution in [0, 0.1) is 0 Å². The van der Waals surface area contributed by atoms with Crippen molar-refractivity contribution < 1.29 is 19.2 Å². The molecule has 1 aliphatic heterocycles. The molecule has 2 rings (SSSR count). The number of carbonyl (C=O) groups excluding carboxylic acids is 2. The quantitative estimate of drug-likeness (QED) is 0.677. The minimum absolute atomic E-state index is 0.197. The first-order chi connectivity index (χ1) is 11.1. The molecule has 1 saturated heterocycles. The first-order valence-corrected chi connectivity index (χ1v) is 8.40. The summed E-state index contributed by atoms with van der Waals surface area (Å²) in [5, 5.41) is 0. The summed E-state index contributed by atoms with van der Waals surface area (Å²) in [6.45, 7) is 10.9. The highest BCUT2D eigenvalue weighted by atomic mass is 16.6. The predicted molar refractivity (Wildman–Crippen MR) is 92.0 cm³/mol. The Hall–Kier alpha value is -1.72. The fourth-order valence-electron chi connectivity index (χ4n) is 3.59. The van der Waals surface area contributed by atoms with E-state index in [-0.39, 0.29) is 11.6 Å². The summed E-state index contributed by atoms with van der Waals surface area (Å²) in [5.41, 5.74) is 0.590. The third-order valence-electron chi connectivity index (χ3n) is 4.73. The normalized spacial score (nSPS) is 20.3. The number of rotatable bonds is 4. The van der Waals surface area contributed by atoms with Crippen LogP contribution in [-0.2, 0) is 27.2 Å². The van der Waals surface area contributed by atoms with E-state index in [2.05, 4.69) is 0 Å². The van der Waals surface area contributed by atoms with E-state index in [9.17, 15) is 9.59 Å². The molecule has 1 fully saturated rings. The van der Waals surface area contributed by atoms with Crippen LogP contribution in [0.1, 0.15) is 64.2 Å². The first-order valence-electron chi connectivity index (χ1n) is 8.40. The zero-order chi connectivity index (χ0) is 18.3. The lowest BCUT2D eigenvalue weighted by Crippen LogP contribution is -2.58. The molecule has 1 heterocycles. The van der Waals surface area contributed by atoms with Gasteiger partial charge in [0.1, 0.15) is 22.9 Å². The molecule has 0 saturated carbocycles. The average molecular weight is 333 g/mol. The van der Waals surface area contributed by atoms with Gasteiger partial charge >= 0.3 is 0 Å². The molecule has 2 N–H and O–H groups in total. The van der Waals surface area contributed by atoms with E-state index >= 15 is 0 Å². The second-order valence-corrected chi connectivity index (χ2v) is 7.26. The number of ketones is 2. The van der Waals surface area contributed by atoms with Crippen molar-refractivity contribution in [2.45, 2.75) is 71.5 Å². The summed E-state index contributed by atoms with van der Waals surface area (Å²) in [7, 11) is 0. The molecule has 0 aliphatic carbocycles. The second-order valence-electron chi connectivity index (χ2n) is 7.26. The Bertz CT molecular complexity index is 625. The Labute approximate surface area is 143 Å². The van der Waals surface area contributed by atoms with Gasteiger partial charge in [-0.15, -0.1) is 0 Å². The van der Waals surface area contributed by atoms with Crippen LogP contribution >= 0.6 is 0 Å². The molecular weight excluding hydrogens is 306 g/mol. The molecule has 5 heteroatoms. The molecule has 5 nitrogen and oxygen atoms in total. The molecule has 132 valence electrons. The summed E-state index contributed by atoms with van der Waals surface area (Å²) in [5.74, 6) is 4.64. The van der Waals surface area contributed by atoms with Crippen molar-refractivity contribution >= 4 is 11.6 Å². The highest BCUT2D eigenvalue weighted by Gasteiger charge is 2.53. The summed E-state index contributed by atoms with van der Waals surface area (Å²) >= 11 is 0. The van der Waals surface area contributed by atoms with Gasteiger partial charge in [0.2, 0.25) is 0 Å². The Kier molecular flexibility index (Phi) is 4.88. The minimum Gasteiger partial charge on any atom is -0.412 e. The maximum Gasteiger partial charge on any atom is 0.179 e. The van der Waals surface area contributed by atoms with Crippen LogP contribution in [0.4, 0.5) is 0 Å². The molecule has 0 atom stereocenters. The molecule has 0 unspecified atom stereocenters. The third kappa shape index (κ3) is 2.98. The molecule has 24 heavy (non-hydrogen) atoms. The Morgan fingerprint density at radius 3 is 1.75 bits per heavy atom. The Morgan fingerprint density at radius 2 is 1.42 bits per heavy atom. The van der Waals surface area contributed by atoms with Crippen molar-refractivity contribution in [3.63, 3.8) is 0 Å². The van der Waals surface area contributed by atoms with E-state index in [4.69, 9.17) is 15.5 Å². The maximum absolute atomic E-state index is 13.0. The summed E-state index contributed by atoms with van der Waals surface area (Å²) in [6.07, 6.45) is 1.36. The van der Waals surface area contributed by atoms with Crippen molar-refractivity contribution in [1.82, 2.24) is 0 Å². The van der Waals surface area contributed by atoms with Gasteiger partial charge in [0.25, 0.3) is 0 Å². The van der Waals surface area contributed by atoms with Gasteiger partial charge in [-0.1, -0.05) is 13.8 Å². The van der Waals surface area contributed by atoms with E-state index in [1.54, 1.807) is 27.7 Å². The van der Waals surface area contributed by atoms with Gasteiger partial charge in [-0.2, -0.15) is 5.90 Å². The van der Waals surface area contributed by atoms with Gasteiger partial charge in [0, 0.05) is 0 Å². The fourth-order valence-corrected chi connectivity index (χ4v) is 3.59. The molecule has 0 spiro atoms. The number of hydrogen-bond donors (Lipinski definition) is 1. The van der Waals surface area contributed by atoms with E-state index in [0.717, 1.165) is 16.7 Å². The SMILES string of the molecule is CCc1cc(ON)cc(CC)c1C1C(=O)C(C)(C)OC(C)(C)C1=O. The number of ether oxygens (including phenoxy) is 1. The standard InChI is InChI=1S/C19H27NO4/c1-7-11-9-13(23-20)10-12(8-2)14(11)15-16(21)18(3,4)24-19(5,6)17(15)22/h9-10,15H,7-8,20H2,1-6H3. The number of nitrogens with two attached hydrogens (primary N) is 1. The number of aryl methyl sites for hydroxylation is 2. The van der Waals surface area contributed by atoms with Gasteiger partial charge in [-0.3, -0.25) is 9.59 Å². The number of benzene rings is 1. The molecule has 0 aromatic heterocycles. The third-order valence-corrected chi connectivity index (χ3v) is 4.73. The van der Waals surface area contributed by atoms with Crippen molar-refractivity contribution in [3.05, 3.63) is 28.8 Å². The lowest BCUT2D eigenvalue weighted by atomic mass is 9.72. The highest BCUT2D eigenvalue weighted by molar-refractivity contribution is 6.15.